The van der Waals surface area contributed by atoms with E-state index in [4.69, 9.17) is 16.3 Å². The molecule has 0 aromatic heterocycles. The monoisotopic (exact) mass is 247 g/mol. The number of hydrogen-bond acceptors (Lipinski definition) is 2. The smallest absolute Gasteiger partial charge is 0.410 e. The molecule has 2 unspecified atom stereocenters. The molecule has 0 aromatic carbocycles. The zero-order valence-corrected chi connectivity index (χ0v) is 11.4. The van der Waals surface area contributed by atoms with Crippen LogP contribution in [0.5, 0.6) is 0 Å². The van der Waals surface area contributed by atoms with Crippen molar-refractivity contribution in [3.8, 4) is 0 Å². The molecule has 1 aliphatic heterocycles. The van der Waals surface area contributed by atoms with E-state index in [9.17, 15) is 4.79 Å². The van der Waals surface area contributed by atoms with Crippen LogP contribution < -0.4 is 0 Å². The molecule has 3 nitrogen and oxygen atoms in total. The summed E-state index contributed by atoms with van der Waals surface area (Å²) in [6, 6.07) is 0. The minimum absolute atomic E-state index is 0.214. The van der Waals surface area contributed by atoms with Gasteiger partial charge in [-0.25, -0.2) is 4.79 Å². The van der Waals surface area contributed by atoms with Gasteiger partial charge >= 0.3 is 6.09 Å². The molecule has 16 heavy (non-hydrogen) atoms. The minimum atomic E-state index is -0.422. The standard InChI is InChI=1S/C12H22ClNO2/c1-9-5-10(6-13)8-14(7-9)11(15)16-12(2,3)4/h9-10H,5-8H2,1-4H3. The predicted molar refractivity (Wildman–Crippen MR) is 65.8 cm³/mol. The van der Waals surface area contributed by atoms with Crippen LogP contribution >= 0.6 is 11.6 Å². The van der Waals surface area contributed by atoms with Crippen molar-refractivity contribution in [3.63, 3.8) is 0 Å². The molecule has 1 aliphatic rings. The summed E-state index contributed by atoms with van der Waals surface area (Å²) in [5, 5.41) is 0. The first-order chi connectivity index (χ1) is 7.31. The molecule has 0 radical (unpaired) electrons. The van der Waals surface area contributed by atoms with Crippen molar-refractivity contribution < 1.29 is 9.53 Å². The Bertz CT molecular complexity index is 250. The van der Waals surface area contributed by atoms with Crippen LogP contribution in [0.2, 0.25) is 0 Å². The van der Waals surface area contributed by atoms with Gasteiger partial charge in [-0.2, -0.15) is 0 Å². The Kier molecular flexibility index (Phi) is 4.48. The molecule has 0 N–H and O–H groups in total. The summed E-state index contributed by atoms with van der Waals surface area (Å²) in [6.07, 6.45) is 0.886. The summed E-state index contributed by atoms with van der Waals surface area (Å²) in [6.45, 7) is 9.31. The lowest BCUT2D eigenvalue weighted by molar-refractivity contribution is 0.0122. The lowest BCUT2D eigenvalue weighted by atomic mass is 9.92. The van der Waals surface area contributed by atoms with Crippen molar-refractivity contribution in [2.75, 3.05) is 19.0 Å². The van der Waals surface area contributed by atoms with Crippen LogP contribution in [0.15, 0.2) is 0 Å². The van der Waals surface area contributed by atoms with E-state index in [1.54, 1.807) is 4.90 Å². The van der Waals surface area contributed by atoms with Crippen molar-refractivity contribution in [2.45, 2.75) is 39.7 Å². The third-order valence-corrected chi connectivity index (χ3v) is 3.05. The number of rotatable bonds is 1. The van der Waals surface area contributed by atoms with Gasteiger partial charge in [-0.15, -0.1) is 11.6 Å². The maximum Gasteiger partial charge on any atom is 0.410 e. The summed E-state index contributed by atoms with van der Waals surface area (Å²) in [4.78, 5) is 13.7. The molecule has 0 spiro atoms. The topological polar surface area (TPSA) is 29.5 Å². The average molecular weight is 248 g/mol. The Balaban J connectivity index is 2.55. The van der Waals surface area contributed by atoms with E-state index in [-0.39, 0.29) is 6.09 Å². The fourth-order valence-electron chi connectivity index (χ4n) is 2.07. The number of hydrogen-bond donors (Lipinski definition) is 0. The molecule has 0 aromatic rings. The Hall–Kier alpha value is -0.440. The number of carbonyl (C=O) groups is 1. The van der Waals surface area contributed by atoms with Gasteiger partial charge in [0, 0.05) is 19.0 Å². The zero-order valence-electron chi connectivity index (χ0n) is 10.6. The van der Waals surface area contributed by atoms with Gasteiger partial charge in [0.1, 0.15) is 5.60 Å². The van der Waals surface area contributed by atoms with Crippen LogP contribution in [0.1, 0.15) is 34.1 Å². The first-order valence-electron chi connectivity index (χ1n) is 5.85. The van der Waals surface area contributed by atoms with Crippen molar-refractivity contribution in [1.82, 2.24) is 4.90 Å². The summed E-state index contributed by atoms with van der Waals surface area (Å²) in [5.74, 6) is 1.52. The number of likely N-dealkylation sites (tertiary alicyclic amines) is 1. The Morgan fingerprint density at radius 3 is 2.56 bits per heavy atom. The van der Waals surface area contributed by atoms with Gasteiger partial charge in [0.25, 0.3) is 0 Å². The maximum absolute atomic E-state index is 11.9. The van der Waals surface area contributed by atoms with Gasteiger partial charge in [0.05, 0.1) is 0 Å². The number of piperidine rings is 1. The molecule has 1 heterocycles. The number of carbonyl (C=O) groups excluding carboxylic acids is 1. The Morgan fingerprint density at radius 2 is 2.06 bits per heavy atom. The average Bonchev–Trinajstić information content (AvgIpc) is 2.14. The summed E-state index contributed by atoms with van der Waals surface area (Å²) in [7, 11) is 0. The number of halogens is 1. The zero-order chi connectivity index (χ0) is 12.3. The highest BCUT2D eigenvalue weighted by atomic mass is 35.5. The molecule has 4 heteroatoms. The highest BCUT2D eigenvalue weighted by molar-refractivity contribution is 6.18. The molecule has 94 valence electrons. The van der Waals surface area contributed by atoms with Crippen molar-refractivity contribution in [3.05, 3.63) is 0 Å². The van der Waals surface area contributed by atoms with E-state index in [0.717, 1.165) is 19.5 Å². The Morgan fingerprint density at radius 1 is 1.44 bits per heavy atom. The lowest BCUT2D eigenvalue weighted by Crippen LogP contribution is -2.46. The number of amides is 1. The van der Waals surface area contributed by atoms with E-state index in [2.05, 4.69) is 6.92 Å². The lowest BCUT2D eigenvalue weighted by Gasteiger charge is -2.36. The van der Waals surface area contributed by atoms with Gasteiger partial charge < -0.3 is 9.64 Å². The van der Waals surface area contributed by atoms with E-state index < -0.39 is 5.60 Å². The number of alkyl halides is 1. The molecule has 1 amide bonds. The molecule has 0 bridgehead atoms. The van der Waals surface area contributed by atoms with E-state index in [1.165, 1.54) is 0 Å². The normalized spacial score (nSPS) is 26.7. The highest BCUT2D eigenvalue weighted by Crippen LogP contribution is 2.24. The number of ether oxygens (including phenoxy) is 1. The minimum Gasteiger partial charge on any atom is -0.444 e. The van der Waals surface area contributed by atoms with Crippen molar-refractivity contribution in [2.24, 2.45) is 11.8 Å². The van der Waals surface area contributed by atoms with Gasteiger partial charge in [-0.1, -0.05) is 6.92 Å². The fraction of sp³-hybridized carbons (Fsp3) is 0.917. The molecule has 1 rings (SSSR count). The van der Waals surface area contributed by atoms with Crippen LogP contribution in [0.25, 0.3) is 0 Å². The molecule has 1 fully saturated rings. The first-order valence-corrected chi connectivity index (χ1v) is 6.39. The van der Waals surface area contributed by atoms with Crippen molar-refractivity contribution >= 4 is 17.7 Å². The van der Waals surface area contributed by atoms with Crippen LogP contribution in [0.3, 0.4) is 0 Å². The Labute approximate surface area is 103 Å². The third-order valence-electron chi connectivity index (χ3n) is 2.62. The third kappa shape index (κ3) is 4.20. The van der Waals surface area contributed by atoms with E-state index in [1.807, 2.05) is 20.8 Å². The van der Waals surface area contributed by atoms with Crippen LogP contribution in [0.4, 0.5) is 4.79 Å². The summed E-state index contributed by atoms with van der Waals surface area (Å²) >= 11 is 5.87. The second-order valence-corrected chi connectivity index (χ2v) is 6.06. The van der Waals surface area contributed by atoms with Crippen molar-refractivity contribution in [1.29, 1.82) is 0 Å². The SMILES string of the molecule is CC1CC(CCl)CN(C(=O)OC(C)(C)C)C1. The van der Waals surface area contributed by atoms with Crippen LogP contribution in [-0.4, -0.2) is 35.6 Å². The largest absolute Gasteiger partial charge is 0.444 e. The first kappa shape index (κ1) is 13.6. The predicted octanol–water partition coefficient (Wildman–Crippen LogP) is 3.12. The molecule has 1 saturated heterocycles. The molecule has 2 atom stereocenters. The number of nitrogens with zero attached hydrogens (tertiary/aromatic N) is 1. The van der Waals surface area contributed by atoms with E-state index >= 15 is 0 Å². The second-order valence-electron chi connectivity index (χ2n) is 5.75. The molecule has 0 saturated carbocycles. The van der Waals surface area contributed by atoms with Gasteiger partial charge in [-0.05, 0) is 39.0 Å². The van der Waals surface area contributed by atoms with Crippen LogP contribution in [0, 0.1) is 11.8 Å². The maximum atomic E-state index is 11.9. The summed E-state index contributed by atoms with van der Waals surface area (Å²) in [5.41, 5.74) is -0.422. The van der Waals surface area contributed by atoms with Gasteiger partial charge in [0.15, 0.2) is 0 Å². The summed E-state index contributed by atoms with van der Waals surface area (Å²) < 4.78 is 5.36. The van der Waals surface area contributed by atoms with Crippen LogP contribution in [-0.2, 0) is 4.74 Å². The van der Waals surface area contributed by atoms with Gasteiger partial charge in [-0.3, -0.25) is 0 Å². The van der Waals surface area contributed by atoms with E-state index in [0.29, 0.717) is 17.7 Å². The highest BCUT2D eigenvalue weighted by Gasteiger charge is 2.30. The molecular weight excluding hydrogens is 226 g/mol. The van der Waals surface area contributed by atoms with Gasteiger partial charge in [0.2, 0.25) is 0 Å². The molecule has 0 aliphatic carbocycles. The fourth-order valence-corrected chi connectivity index (χ4v) is 2.29. The quantitative estimate of drug-likeness (QED) is 0.667. The second kappa shape index (κ2) is 5.26. The molecular formula is C12H22ClNO2.